The average Bonchev–Trinajstić information content (AvgIpc) is 2.79. The van der Waals surface area contributed by atoms with Crippen molar-refractivity contribution in [2.24, 2.45) is 5.92 Å². The Hall–Kier alpha value is -2.49. The third kappa shape index (κ3) is 8.38. The van der Waals surface area contributed by atoms with Gasteiger partial charge in [0.05, 0.1) is 11.5 Å². The Bertz CT molecular complexity index is 1050. The van der Waals surface area contributed by atoms with Gasteiger partial charge in [-0.2, -0.15) is 4.31 Å². The van der Waals surface area contributed by atoms with Crippen molar-refractivity contribution >= 4 is 38.9 Å². The van der Waals surface area contributed by atoms with E-state index in [-0.39, 0.29) is 15.9 Å². The van der Waals surface area contributed by atoms with Gasteiger partial charge in [-0.3, -0.25) is 10.1 Å². The molecule has 2 aromatic carbocycles. The Kier molecular flexibility index (Phi) is 10.9. The molecule has 0 saturated carbocycles. The van der Waals surface area contributed by atoms with Gasteiger partial charge in [0.15, 0.2) is 5.11 Å². The molecular weight excluding hydrogens is 470 g/mol. The number of nitrogens with zero attached hydrogens (tertiary/aromatic N) is 1. The number of hydrogen-bond acceptors (Lipinski definition) is 5. The van der Waals surface area contributed by atoms with E-state index in [4.69, 9.17) is 17.0 Å². The fourth-order valence-electron chi connectivity index (χ4n) is 3.19. The first-order valence-electron chi connectivity index (χ1n) is 11.6. The molecule has 0 aliphatic rings. The van der Waals surface area contributed by atoms with E-state index in [9.17, 15) is 13.2 Å². The fourth-order valence-corrected chi connectivity index (χ4v) is 5.02. The maximum Gasteiger partial charge on any atom is 0.257 e. The number of nitrogens with one attached hydrogen (secondary N) is 2. The molecular formula is C25H35N3O4S2. The van der Waals surface area contributed by atoms with E-state index in [1.807, 2.05) is 19.9 Å². The Morgan fingerprint density at radius 1 is 1.06 bits per heavy atom. The summed E-state index contributed by atoms with van der Waals surface area (Å²) in [5.41, 5.74) is 1.01. The number of benzene rings is 2. The summed E-state index contributed by atoms with van der Waals surface area (Å²) in [4.78, 5) is 12.8. The number of hydrogen-bond donors (Lipinski definition) is 2. The van der Waals surface area contributed by atoms with Crippen LogP contribution in [0.3, 0.4) is 0 Å². The molecule has 0 heterocycles. The lowest BCUT2D eigenvalue weighted by Crippen LogP contribution is -2.34. The van der Waals surface area contributed by atoms with Crippen molar-refractivity contribution in [2.75, 3.05) is 25.0 Å². The predicted octanol–water partition coefficient (Wildman–Crippen LogP) is 5.05. The van der Waals surface area contributed by atoms with E-state index >= 15 is 0 Å². The van der Waals surface area contributed by atoms with Gasteiger partial charge in [0, 0.05) is 24.3 Å². The van der Waals surface area contributed by atoms with Gasteiger partial charge in [-0.1, -0.05) is 33.8 Å². The number of rotatable bonds is 12. The van der Waals surface area contributed by atoms with Crippen LogP contribution in [0.5, 0.6) is 5.75 Å². The van der Waals surface area contributed by atoms with Crippen molar-refractivity contribution in [2.45, 2.75) is 51.9 Å². The second-order valence-corrected chi connectivity index (χ2v) is 10.7. The zero-order chi connectivity index (χ0) is 25.1. The summed E-state index contributed by atoms with van der Waals surface area (Å²) >= 11 is 5.26. The first-order valence-corrected chi connectivity index (χ1v) is 13.5. The quantitative estimate of drug-likeness (QED) is 0.393. The normalized spacial score (nSPS) is 11.5. The summed E-state index contributed by atoms with van der Waals surface area (Å²) in [5, 5.41) is 5.68. The smallest absolute Gasteiger partial charge is 0.257 e. The number of ether oxygens (including phenoxy) is 1. The lowest BCUT2D eigenvalue weighted by molar-refractivity contribution is 0.0977. The highest BCUT2D eigenvalue weighted by Crippen LogP contribution is 2.19. The van der Waals surface area contributed by atoms with Crippen LogP contribution in [0.25, 0.3) is 0 Å². The Balaban J connectivity index is 1.98. The highest BCUT2D eigenvalue weighted by molar-refractivity contribution is 7.89. The molecule has 0 bridgehead atoms. The first kappa shape index (κ1) is 27.8. The molecule has 0 spiro atoms. The molecule has 0 aliphatic carbocycles. The molecule has 9 heteroatoms. The maximum atomic E-state index is 12.9. The summed E-state index contributed by atoms with van der Waals surface area (Å²) in [6, 6.07) is 13.3. The molecule has 0 radical (unpaired) electrons. The first-order chi connectivity index (χ1) is 16.2. The van der Waals surface area contributed by atoms with Gasteiger partial charge in [0.1, 0.15) is 5.75 Å². The van der Waals surface area contributed by atoms with Gasteiger partial charge in [0.25, 0.3) is 5.91 Å². The molecule has 2 aromatic rings. The number of thiocarbonyl (C=S) groups is 1. The number of sulfonamides is 1. The molecule has 0 unspecified atom stereocenters. The molecule has 2 rings (SSSR count). The van der Waals surface area contributed by atoms with Crippen LogP contribution in [0.2, 0.25) is 0 Å². The number of amides is 1. The Labute approximate surface area is 208 Å². The minimum atomic E-state index is -3.55. The number of anilines is 1. The van der Waals surface area contributed by atoms with Crippen molar-refractivity contribution in [3.05, 3.63) is 54.1 Å². The zero-order valence-electron chi connectivity index (χ0n) is 20.3. The topological polar surface area (TPSA) is 87.7 Å². The molecule has 0 saturated heterocycles. The predicted molar refractivity (Wildman–Crippen MR) is 141 cm³/mol. The van der Waals surface area contributed by atoms with E-state index < -0.39 is 10.0 Å². The third-order valence-corrected chi connectivity index (χ3v) is 7.10. The zero-order valence-corrected chi connectivity index (χ0v) is 22.0. The van der Waals surface area contributed by atoms with Crippen molar-refractivity contribution in [1.29, 1.82) is 0 Å². The van der Waals surface area contributed by atoms with Gasteiger partial charge in [-0.05, 0) is 79.9 Å². The highest BCUT2D eigenvalue weighted by Gasteiger charge is 2.22. The van der Waals surface area contributed by atoms with Crippen molar-refractivity contribution in [3.63, 3.8) is 0 Å². The molecule has 7 nitrogen and oxygen atoms in total. The lowest BCUT2D eigenvalue weighted by atomic mass is 10.1. The van der Waals surface area contributed by atoms with Gasteiger partial charge < -0.3 is 10.1 Å². The van der Waals surface area contributed by atoms with Crippen LogP contribution in [-0.2, 0) is 10.0 Å². The van der Waals surface area contributed by atoms with E-state index in [2.05, 4.69) is 24.5 Å². The Morgan fingerprint density at radius 3 is 2.29 bits per heavy atom. The van der Waals surface area contributed by atoms with Crippen LogP contribution in [0, 0.1) is 5.92 Å². The summed E-state index contributed by atoms with van der Waals surface area (Å²) in [5.74, 6) is 0.806. The molecule has 0 atom stereocenters. The molecule has 0 aromatic heterocycles. The van der Waals surface area contributed by atoms with E-state index in [0.717, 1.165) is 19.3 Å². The Morgan fingerprint density at radius 2 is 1.71 bits per heavy atom. The molecule has 0 aliphatic heterocycles. The van der Waals surface area contributed by atoms with Crippen LogP contribution < -0.4 is 15.4 Å². The number of carbonyl (C=O) groups excluding carboxylic acids is 1. The SMILES string of the molecule is CCCN(CCC)S(=O)(=O)c1ccc(NC(=S)NC(=O)c2cccc(OCCC(C)C)c2)cc1. The molecule has 34 heavy (non-hydrogen) atoms. The fraction of sp³-hybridized carbons (Fsp3) is 0.440. The maximum absolute atomic E-state index is 12.9. The summed E-state index contributed by atoms with van der Waals surface area (Å²) in [6.45, 7) is 9.71. The second-order valence-electron chi connectivity index (χ2n) is 8.40. The molecule has 186 valence electrons. The lowest BCUT2D eigenvalue weighted by Gasteiger charge is -2.21. The number of carbonyl (C=O) groups is 1. The van der Waals surface area contributed by atoms with E-state index in [1.165, 1.54) is 4.31 Å². The molecule has 1 amide bonds. The van der Waals surface area contributed by atoms with Crippen LogP contribution in [0.1, 0.15) is 57.3 Å². The highest BCUT2D eigenvalue weighted by atomic mass is 32.2. The van der Waals surface area contributed by atoms with Crippen LogP contribution in [0.4, 0.5) is 5.69 Å². The summed E-state index contributed by atoms with van der Waals surface area (Å²) in [7, 11) is -3.55. The van der Waals surface area contributed by atoms with E-state index in [1.54, 1.807) is 42.5 Å². The van der Waals surface area contributed by atoms with Crippen LogP contribution >= 0.6 is 12.2 Å². The van der Waals surface area contributed by atoms with Gasteiger partial charge in [0.2, 0.25) is 10.0 Å². The van der Waals surface area contributed by atoms with Gasteiger partial charge in [-0.25, -0.2) is 8.42 Å². The second kappa shape index (κ2) is 13.4. The van der Waals surface area contributed by atoms with Crippen molar-refractivity contribution in [1.82, 2.24) is 9.62 Å². The summed E-state index contributed by atoms with van der Waals surface area (Å²) in [6.07, 6.45) is 2.43. The van der Waals surface area contributed by atoms with Crippen LogP contribution in [-0.4, -0.2) is 43.4 Å². The molecule has 2 N–H and O–H groups in total. The van der Waals surface area contributed by atoms with Crippen LogP contribution in [0.15, 0.2) is 53.4 Å². The third-order valence-electron chi connectivity index (χ3n) is 4.98. The van der Waals surface area contributed by atoms with Gasteiger partial charge in [-0.15, -0.1) is 0 Å². The molecule has 0 fully saturated rings. The summed E-state index contributed by atoms with van der Waals surface area (Å²) < 4.78 is 33.0. The van der Waals surface area contributed by atoms with Crippen molar-refractivity contribution in [3.8, 4) is 5.75 Å². The standard InChI is InChI=1S/C25H35N3O4S2/c1-5-15-28(16-6-2)34(30,31)23-12-10-21(11-13-23)26-25(33)27-24(29)20-8-7-9-22(18-20)32-17-14-19(3)4/h7-13,18-19H,5-6,14-17H2,1-4H3,(H2,26,27,29,33). The average molecular weight is 506 g/mol. The minimum Gasteiger partial charge on any atom is -0.494 e. The minimum absolute atomic E-state index is 0.116. The largest absolute Gasteiger partial charge is 0.494 e. The monoisotopic (exact) mass is 505 g/mol. The van der Waals surface area contributed by atoms with Gasteiger partial charge >= 0.3 is 0 Å². The van der Waals surface area contributed by atoms with Crippen molar-refractivity contribution < 1.29 is 17.9 Å². The van der Waals surface area contributed by atoms with E-state index in [0.29, 0.717) is 42.6 Å².